The molecule has 9 nitrogen and oxygen atoms in total. The highest BCUT2D eigenvalue weighted by Crippen LogP contribution is 2.32. The lowest BCUT2D eigenvalue weighted by Gasteiger charge is -2.13. The molecular weight excluding hydrogens is 406 g/mol. The van der Waals surface area contributed by atoms with Crippen LogP contribution in [0, 0.1) is 5.92 Å². The van der Waals surface area contributed by atoms with E-state index in [1.54, 1.807) is 11.1 Å². The highest BCUT2D eigenvalue weighted by atomic mass is 32.1. The van der Waals surface area contributed by atoms with E-state index in [1.807, 2.05) is 35.1 Å². The molecule has 158 valence electrons. The zero-order valence-electron chi connectivity index (χ0n) is 16.5. The molecule has 1 atom stereocenters. The van der Waals surface area contributed by atoms with Gasteiger partial charge >= 0.3 is 0 Å². The first-order valence-electron chi connectivity index (χ1n) is 9.58. The number of thiazole rings is 1. The molecule has 2 N–H and O–H groups in total. The molecule has 3 heterocycles. The maximum Gasteiger partial charge on any atom is 0.290 e. The predicted octanol–water partition coefficient (Wildman–Crippen LogP) is 2.27. The van der Waals surface area contributed by atoms with Gasteiger partial charge in [-0.25, -0.2) is 4.98 Å². The third-order valence-corrected chi connectivity index (χ3v) is 5.67. The summed E-state index contributed by atoms with van der Waals surface area (Å²) in [6.07, 6.45) is 4.94. The number of rotatable bonds is 6. The number of nitrogens with one attached hydrogen (secondary N) is 1. The molecule has 2 amide bonds. The Morgan fingerprint density at radius 3 is 2.90 bits per heavy atom. The molecule has 1 saturated heterocycles. The Balaban J connectivity index is 0.000000806. The van der Waals surface area contributed by atoms with E-state index in [9.17, 15) is 9.59 Å². The van der Waals surface area contributed by atoms with Crippen LogP contribution in [0.3, 0.4) is 0 Å². The van der Waals surface area contributed by atoms with Crippen LogP contribution in [-0.4, -0.2) is 44.7 Å². The van der Waals surface area contributed by atoms with Crippen LogP contribution < -0.4 is 10.2 Å². The van der Waals surface area contributed by atoms with E-state index in [0.29, 0.717) is 18.2 Å². The molecule has 10 heteroatoms. The van der Waals surface area contributed by atoms with Gasteiger partial charge in [-0.3, -0.25) is 24.0 Å². The quantitative estimate of drug-likeness (QED) is 0.581. The van der Waals surface area contributed by atoms with Gasteiger partial charge < -0.3 is 10.4 Å². The van der Waals surface area contributed by atoms with Crippen molar-refractivity contribution in [1.82, 2.24) is 20.1 Å². The topological polar surface area (TPSA) is 117 Å². The number of amides is 2. The molecule has 0 spiro atoms. The summed E-state index contributed by atoms with van der Waals surface area (Å²) in [7, 11) is 0. The molecule has 0 radical (unpaired) electrons. The number of carbonyl (C=O) groups is 3. The fraction of sp³-hybridized carbons (Fsp3) is 0.350. The highest BCUT2D eigenvalue weighted by Gasteiger charge is 2.36. The van der Waals surface area contributed by atoms with Gasteiger partial charge in [0.05, 0.1) is 22.3 Å². The fourth-order valence-electron chi connectivity index (χ4n) is 3.23. The Labute approximate surface area is 177 Å². The molecule has 1 fully saturated rings. The zero-order valence-corrected chi connectivity index (χ0v) is 17.3. The Morgan fingerprint density at radius 2 is 2.17 bits per heavy atom. The molecule has 1 aliphatic rings. The van der Waals surface area contributed by atoms with Gasteiger partial charge in [0.25, 0.3) is 6.47 Å². The minimum atomic E-state index is -0.352. The lowest BCUT2D eigenvalue weighted by atomic mass is 10.1. The molecule has 30 heavy (non-hydrogen) atoms. The van der Waals surface area contributed by atoms with Crippen molar-refractivity contribution < 1.29 is 19.5 Å². The van der Waals surface area contributed by atoms with E-state index < -0.39 is 0 Å². The molecule has 0 saturated carbocycles. The average molecular weight is 430 g/mol. The summed E-state index contributed by atoms with van der Waals surface area (Å²) in [6, 6.07) is 7.80. The fourth-order valence-corrected chi connectivity index (χ4v) is 4.22. The SMILES string of the molecule is CCCn1cc(CNC(=O)C2CC(=O)N(c3nc4ccccc4s3)C2)cn1.O=CO. The van der Waals surface area contributed by atoms with Crippen molar-refractivity contribution in [3.8, 4) is 0 Å². The number of carbonyl (C=O) groups excluding carboxylic acids is 2. The van der Waals surface area contributed by atoms with Crippen molar-refractivity contribution >= 4 is 45.0 Å². The summed E-state index contributed by atoms with van der Waals surface area (Å²) in [5.74, 6) is -0.504. The number of para-hydroxylation sites is 1. The predicted molar refractivity (Wildman–Crippen MR) is 113 cm³/mol. The minimum Gasteiger partial charge on any atom is -0.483 e. The molecule has 0 aliphatic carbocycles. The molecule has 4 rings (SSSR count). The lowest BCUT2D eigenvalue weighted by molar-refractivity contribution is -0.126. The normalized spacial score (nSPS) is 15.7. The largest absolute Gasteiger partial charge is 0.483 e. The van der Waals surface area contributed by atoms with Crippen molar-refractivity contribution in [3.63, 3.8) is 0 Å². The van der Waals surface area contributed by atoms with Gasteiger partial charge in [-0.05, 0) is 18.6 Å². The molecule has 1 aromatic carbocycles. The van der Waals surface area contributed by atoms with Gasteiger partial charge in [0.15, 0.2) is 5.13 Å². The van der Waals surface area contributed by atoms with Crippen LogP contribution in [0.25, 0.3) is 10.2 Å². The number of hydrogen-bond donors (Lipinski definition) is 2. The first kappa shape index (κ1) is 21.4. The van der Waals surface area contributed by atoms with Gasteiger partial charge in [-0.2, -0.15) is 5.10 Å². The molecule has 0 bridgehead atoms. The van der Waals surface area contributed by atoms with Crippen LogP contribution in [-0.2, 0) is 27.5 Å². The van der Waals surface area contributed by atoms with E-state index in [4.69, 9.17) is 9.90 Å². The first-order chi connectivity index (χ1) is 14.5. The summed E-state index contributed by atoms with van der Waals surface area (Å²) in [5.41, 5.74) is 1.84. The summed E-state index contributed by atoms with van der Waals surface area (Å²) < 4.78 is 2.91. The number of nitrogens with zero attached hydrogens (tertiary/aromatic N) is 4. The molecule has 3 aromatic rings. The monoisotopic (exact) mass is 429 g/mol. The summed E-state index contributed by atoms with van der Waals surface area (Å²) in [5, 5.41) is 14.7. The Hall–Kier alpha value is -3.27. The molecule has 1 unspecified atom stereocenters. The van der Waals surface area contributed by atoms with Crippen molar-refractivity contribution in [1.29, 1.82) is 0 Å². The third-order valence-electron chi connectivity index (χ3n) is 4.62. The Kier molecular flexibility index (Phi) is 7.12. The summed E-state index contributed by atoms with van der Waals surface area (Å²) in [4.78, 5) is 39.5. The number of anilines is 1. The van der Waals surface area contributed by atoms with Crippen LogP contribution in [0.1, 0.15) is 25.3 Å². The summed E-state index contributed by atoms with van der Waals surface area (Å²) >= 11 is 1.48. The van der Waals surface area contributed by atoms with Crippen molar-refractivity contribution in [2.75, 3.05) is 11.4 Å². The maximum absolute atomic E-state index is 12.5. The number of benzene rings is 1. The number of aromatic nitrogens is 3. The van der Waals surface area contributed by atoms with Crippen LogP contribution in [0.15, 0.2) is 36.7 Å². The smallest absolute Gasteiger partial charge is 0.290 e. The third kappa shape index (κ3) is 5.01. The van der Waals surface area contributed by atoms with E-state index in [2.05, 4.69) is 22.3 Å². The number of fused-ring (bicyclic) bond motifs is 1. The Morgan fingerprint density at radius 1 is 1.40 bits per heavy atom. The second-order valence-electron chi connectivity index (χ2n) is 6.80. The van der Waals surface area contributed by atoms with Gasteiger partial charge in [0.2, 0.25) is 11.8 Å². The number of hydrogen-bond acceptors (Lipinski definition) is 6. The van der Waals surface area contributed by atoms with E-state index in [1.165, 1.54) is 11.3 Å². The van der Waals surface area contributed by atoms with E-state index >= 15 is 0 Å². The minimum absolute atomic E-state index is 0.0510. The van der Waals surface area contributed by atoms with Gasteiger partial charge in [0.1, 0.15) is 0 Å². The second kappa shape index (κ2) is 9.97. The zero-order chi connectivity index (χ0) is 21.5. The van der Waals surface area contributed by atoms with Crippen LogP contribution in [0.2, 0.25) is 0 Å². The van der Waals surface area contributed by atoms with Crippen LogP contribution in [0.4, 0.5) is 5.13 Å². The van der Waals surface area contributed by atoms with E-state index in [0.717, 1.165) is 28.7 Å². The van der Waals surface area contributed by atoms with Crippen molar-refractivity contribution in [3.05, 3.63) is 42.2 Å². The molecule has 2 aromatic heterocycles. The molecule has 1 aliphatic heterocycles. The standard InChI is InChI=1S/C19H21N5O2S.CH2O2/c1-2-7-23-11-13(10-21-23)9-20-18(26)14-8-17(25)24(12-14)19-22-15-5-3-4-6-16(15)27-19;2-1-3/h3-6,10-11,14H,2,7-9,12H2,1H3,(H,20,26);1H,(H,2,3). The van der Waals surface area contributed by atoms with Crippen molar-refractivity contribution in [2.24, 2.45) is 5.92 Å². The molecular formula is C20H23N5O4S. The summed E-state index contributed by atoms with van der Waals surface area (Å²) in [6.45, 7) is 3.51. The number of carboxylic acid groups (broad SMARTS) is 1. The number of aryl methyl sites for hydroxylation is 1. The highest BCUT2D eigenvalue weighted by molar-refractivity contribution is 7.22. The lowest BCUT2D eigenvalue weighted by Crippen LogP contribution is -2.32. The van der Waals surface area contributed by atoms with Crippen LogP contribution in [0.5, 0.6) is 0 Å². The van der Waals surface area contributed by atoms with Crippen LogP contribution >= 0.6 is 11.3 Å². The van der Waals surface area contributed by atoms with Gasteiger partial charge in [-0.1, -0.05) is 30.4 Å². The average Bonchev–Trinajstić information content (AvgIpc) is 3.44. The van der Waals surface area contributed by atoms with E-state index in [-0.39, 0.29) is 30.6 Å². The first-order valence-corrected chi connectivity index (χ1v) is 10.4. The van der Waals surface area contributed by atoms with Gasteiger partial charge in [-0.15, -0.1) is 0 Å². The maximum atomic E-state index is 12.5. The Bertz CT molecular complexity index is 998. The second-order valence-corrected chi connectivity index (χ2v) is 7.81. The van der Waals surface area contributed by atoms with Gasteiger partial charge in [0, 0.05) is 37.8 Å². The van der Waals surface area contributed by atoms with Crippen molar-refractivity contribution in [2.45, 2.75) is 32.9 Å².